The first-order valence-electron chi connectivity index (χ1n) is 4.50. The van der Waals surface area contributed by atoms with E-state index in [1.54, 1.807) is 0 Å². The Morgan fingerprint density at radius 3 is 2.69 bits per heavy atom. The molecule has 0 unspecified atom stereocenters. The maximum absolute atomic E-state index is 8.84. The highest BCUT2D eigenvalue weighted by molar-refractivity contribution is 5.39. The summed E-state index contributed by atoms with van der Waals surface area (Å²) in [5, 5.41) is 8.84. The van der Waals surface area contributed by atoms with Gasteiger partial charge < -0.3 is 5.73 Å². The first-order chi connectivity index (χ1) is 6.23. The third-order valence-corrected chi connectivity index (χ3v) is 2.57. The molecule has 2 heteroatoms. The normalized spacial score (nSPS) is 17.8. The molecule has 0 aromatic heterocycles. The second-order valence-electron chi connectivity index (χ2n) is 3.81. The Labute approximate surface area is 78.0 Å². The van der Waals surface area contributed by atoms with Crippen molar-refractivity contribution in [2.24, 2.45) is 5.73 Å². The maximum Gasteiger partial charge on any atom is 0.0994 e. The van der Waals surface area contributed by atoms with E-state index in [9.17, 15) is 0 Å². The molecule has 0 saturated heterocycles. The van der Waals surface area contributed by atoms with Gasteiger partial charge in [-0.1, -0.05) is 18.2 Å². The van der Waals surface area contributed by atoms with Gasteiger partial charge in [0.15, 0.2) is 0 Å². The zero-order valence-corrected chi connectivity index (χ0v) is 7.46. The van der Waals surface area contributed by atoms with E-state index in [2.05, 4.69) is 6.07 Å². The minimum atomic E-state index is -0.00699. The van der Waals surface area contributed by atoms with Crippen molar-refractivity contribution in [3.05, 3.63) is 35.4 Å². The summed E-state index contributed by atoms with van der Waals surface area (Å²) in [4.78, 5) is 0. The van der Waals surface area contributed by atoms with E-state index in [1.807, 2.05) is 24.3 Å². The standard InChI is InChI=1S/C11H12N2/c12-8-10-4-2-1-3-9(10)7-11(13)5-6-11/h1-4H,5-7,13H2. The summed E-state index contributed by atoms with van der Waals surface area (Å²) in [6, 6.07) is 9.88. The third kappa shape index (κ3) is 1.71. The molecule has 1 fully saturated rings. The number of nitriles is 1. The van der Waals surface area contributed by atoms with Crippen molar-refractivity contribution in [3.63, 3.8) is 0 Å². The number of nitrogens with zero attached hydrogens (tertiary/aromatic N) is 1. The third-order valence-electron chi connectivity index (χ3n) is 2.57. The van der Waals surface area contributed by atoms with Crippen LogP contribution in [0.4, 0.5) is 0 Å². The van der Waals surface area contributed by atoms with E-state index < -0.39 is 0 Å². The lowest BCUT2D eigenvalue weighted by atomic mass is 10.0. The van der Waals surface area contributed by atoms with E-state index in [-0.39, 0.29) is 5.54 Å². The Bertz CT molecular complexity index is 359. The fourth-order valence-corrected chi connectivity index (χ4v) is 1.50. The smallest absolute Gasteiger partial charge is 0.0994 e. The van der Waals surface area contributed by atoms with Gasteiger partial charge in [-0.05, 0) is 30.9 Å². The lowest BCUT2D eigenvalue weighted by Gasteiger charge is -2.09. The van der Waals surface area contributed by atoms with Crippen molar-refractivity contribution in [3.8, 4) is 6.07 Å². The molecule has 0 aliphatic heterocycles. The molecule has 2 nitrogen and oxygen atoms in total. The van der Waals surface area contributed by atoms with Gasteiger partial charge in [0.1, 0.15) is 0 Å². The van der Waals surface area contributed by atoms with Gasteiger partial charge in [0.05, 0.1) is 11.6 Å². The van der Waals surface area contributed by atoms with Crippen LogP contribution >= 0.6 is 0 Å². The van der Waals surface area contributed by atoms with Gasteiger partial charge in [-0.3, -0.25) is 0 Å². The highest BCUT2D eigenvalue weighted by atomic mass is 14.8. The summed E-state index contributed by atoms with van der Waals surface area (Å²) in [6.07, 6.45) is 3.02. The van der Waals surface area contributed by atoms with Crippen molar-refractivity contribution in [1.29, 1.82) is 5.26 Å². The second kappa shape index (κ2) is 2.86. The van der Waals surface area contributed by atoms with Crippen LogP contribution < -0.4 is 5.73 Å². The number of hydrogen-bond acceptors (Lipinski definition) is 2. The predicted octanol–water partition coefficient (Wildman–Crippen LogP) is 1.59. The molecule has 0 bridgehead atoms. The number of nitrogens with two attached hydrogens (primary N) is 1. The Morgan fingerprint density at radius 2 is 2.08 bits per heavy atom. The number of benzene rings is 1. The Balaban J connectivity index is 2.25. The summed E-state index contributed by atoms with van der Waals surface area (Å²) in [6.45, 7) is 0. The maximum atomic E-state index is 8.84. The minimum Gasteiger partial charge on any atom is -0.325 e. The molecule has 0 atom stereocenters. The molecule has 2 N–H and O–H groups in total. The van der Waals surface area contributed by atoms with Crippen LogP contribution in [0.15, 0.2) is 24.3 Å². The average Bonchev–Trinajstić information content (AvgIpc) is 2.84. The zero-order valence-electron chi connectivity index (χ0n) is 7.46. The fourth-order valence-electron chi connectivity index (χ4n) is 1.50. The summed E-state index contributed by atoms with van der Waals surface area (Å²) >= 11 is 0. The highest BCUT2D eigenvalue weighted by Crippen LogP contribution is 2.36. The van der Waals surface area contributed by atoms with Crippen LogP contribution in [0.25, 0.3) is 0 Å². The van der Waals surface area contributed by atoms with Gasteiger partial charge in [-0.25, -0.2) is 0 Å². The first kappa shape index (κ1) is 8.28. The average molecular weight is 172 g/mol. The summed E-state index contributed by atoms with van der Waals surface area (Å²) < 4.78 is 0. The van der Waals surface area contributed by atoms with Crippen LogP contribution in [-0.2, 0) is 6.42 Å². The van der Waals surface area contributed by atoms with Crippen LogP contribution in [0.5, 0.6) is 0 Å². The van der Waals surface area contributed by atoms with E-state index >= 15 is 0 Å². The van der Waals surface area contributed by atoms with Crippen molar-refractivity contribution in [2.45, 2.75) is 24.8 Å². The molecular weight excluding hydrogens is 160 g/mol. The lowest BCUT2D eigenvalue weighted by molar-refractivity contribution is 0.671. The molecule has 66 valence electrons. The molecule has 0 radical (unpaired) electrons. The van der Waals surface area contributed by atoms with E-state index in [0.717, 1.165) is 30.4 Å². The molecular formula is C11H12N2. The van der Waals surface area contributed by atoms with Crippen molar-refractivity contribution in [1.82, 2.24) is 0 Å². The van der Waals surface area contributed by atoms with Gasteiger partial charge >= 0.3 is 0 Å². The molecule has 13 heavy (non-hydrogen) atoms. The molecule has 1 saturated carbocycles. The van der Waals surface area contributed by atoms with Crippen LogP contribution in [0.3, 0.4) is 0 Å². The van der Waals surface area contributed by atoms with Crippen LogP contribution in [-0.4, -0.2) is 5.54 Å². The summed E-state index contributed by atoms with van der Waals surface area (Å²) in [7, 11) is 0. The largest absolute Gasteiger partial charge is 0.325 e. The summed E-state index contributed by atoms with van der Waals surface area (Å²) in [5.74, 6) is 0. The number of rotatable bonds is 2. The van der Waals surface area contributed by atoms with Gasteiger partial charge in [0.2, 0.25) is 0 Å². The Kier molecular flexibility index (Phi) is 1.82. The molecule has 1 aliphatic rings. The molecule has 0 spiro atoms. The van der Waals surface area contributed by atoms with Crippen molar-refractivity contribution >= 4 is 0 Å². The van der Waals surface area contributed by atoms with Crippen molar-refractivity contribution < 1.29 is 0 Å². The second-order valence-corrected chi connectivity index (χ2v) is 3.81. The Hall–Kier alpha value is -1.33. The van der Waals surface area contributed by atoms with E-state index in [1.165, 1.54) is 0 Å². The fraction of sp³-hybridized carbons (Fsp3) is 0.364. The monoisotopic (exact) mass is 172 g/mol. The lowest BCUT2D eigenvalue weighted by Crippen LogP contribution is -2.24. The van der Waals surface area contributed by atoms with Gasteiger partial charge in [0, 0.05) is 5.54 Å². The molecule has 2 rings (SSSR count). The summed E-state index contributed by atoms with van der Waals surface area (Å²) in [5.41, 5.74) is 7.84. The van der Waals surface area contributed by atoms with Gasteiger partial charge in [0.25, 0.3) is 0 Å². The molecule has 1 aliphatic carbocycles. The Morgan fingerprint density at radius 1 is 1.38 bits per heavy atom. The van der Waals surface area contributed by atoms with Crippen LogP contribution in [0.1, 0.15) is 24.0 Å². The van der Waals surface area contributed by atoms with Gasteiger partial charge in [-0.15, -0.1) is 0 Å². The quantitative estimate of drug-likeness (QED) is 0.736. The minimum absolute atomic E-state index is 0.00699. The zero-order chi connectivity index (χ0) is 9.31. The SMILES string of the molecule is N#Cc1ccccc1CC1(N)CC1. The van der Waals surface area contributed by atoms with E-state index in [0.29, 0.717) is 0 Å². The predicted molar refractivity (Wildman–Crippen MR) is 51.0 cm³/mol. The van der Waals surface area contributed by atoms with E-state index in [4.69, 9.17) is 11.0 Å². The number of hydrogen-bond donors (Lipinski definition) is 1. The highest BCUT2D eigenvalue weighted by Gasteiger charge is 2.38. The topological polar surface area (TPSA) is 49.8 Å². The molecule has 1 aromatic carbocycles. The molecule has 1 aromatic rings. The molecule has 0 heterocycles. The van der Waals surface area contributed by atoms with Crippen molar-refractivity contribution in [2.75, 3.05) is 0 Å². The van der Waals surface area contributed by atoms with Crippen LogP contribution in [0.2, 0.25) is 0 Å². The van der Waals surface area contributed by atoms with Gasteiger partial charge in [-0.2, -0.15) is 5.26 Å². The van der Waals surface area contributed by atoms with Crippen LogP contribution in [0, 0.1) is 11.3 Å². The molecule has 0 amide bonds. The first-order valence-corrected chi connectivity index (χ1v) is 4.50.